The van der Waals surface area contributed by atoms with Gasteiger partial charge in [-0.3, -0.25) is 20.4 Å². The molecule has 0 spiro atoms. The molecule has 1 aromatic heterocycles. The van der Waals surface area contributed by atoms with E-state index in [9.17, 15) is 9.59 Å². The van der Waals surface area contributed by atoms with Gasteiger partial charge in [-0.15, -0.1) is 0 Å². The van der Waals surface area contributed by atoms with Crippen molar-refractivity contribution in [3.8, 4) is 5.69 Å². The maximum Gasteiger partial charge on any atom is 0.271 e. The molecule has 23 heavy (non-hydrogen) atoms. The lowest BCUT2D eigenvalue weighted by Gasteiger charge is -2.10. The van der Waals surface area contributed by atoms with Gasteiger partial charge in [0.25, 0.3) is 5.91 Å². The minimum absolute atomic E-state index is 0.0343. The summed E-state index contributed by atoms with van der Waals surface area (Å²) in [6.07, 6.45) is 0.893. The number of benzene rings is 1. The third-order valence-electron chi connectivity index (χ3n) is 4.44. The smallest absolute Gasteiger partial charge is 0.271 e. The van der Waals surface area contributed by atoms with Gasteiger partial charge >= 0.3 is 0 Å². The first-order chi connectivity index (χ1) is 11.0. The molecule has 0 saturated heterocycles. The number of nitrogens with zero attached hydrogens (tertiary/aromatic N) is 1. The van der Waals surface area contributed by atoms with Crippen LogP contribution < -0.4 is 10.9 Å². The van der Waals surface area contributed by atoms with E-state index in [0.29, 0.717) is 11.5 Å². The average Bonchev–Trinajstić information content (AvgIpc) is 3.20. The van der Waals surface area contributed by atoms with Gasteiger partial charge in [0.1, 0.15) is 0 Å². The van der Waals surface area contributed by atoms with E-state index >= 15 is 0 Å². The Morgan fingerprint density at radius 3 is 2.39 bits per heavy atom. The predicted molar refractivity (Wildman–Crippen MR) is 88.1 cm³/mol. The summed E-state index contributed by atoms with van der Waals surface area (Å²) in [5.74, 6) is 0.0479. The highest BCUT2D eigenvalue weighted by Crippen LogP contribution is 2.37. The molecule has 2 aromatic rings. The van der Waals surface area contributed by atoms with Crippen molar-refractivity contribution < 1.29 is 9.59 Å². The van der Waals surface area contributed by atoms with Crippen molar-refractivity contribution in [2.75, 3.05) is 0 Å². The van der Waals surface area contributed by atoms with Crippen LogP contribution >= 0.6 is 0 Å². The van der Waals surface area contributed by atoms with Gasteiger partial charge in [-0.1, -0.05) is 25.1 Å². The topological polar surface area (TPSA) is 63.1 Å². The van der Waals surface area contributed by atoms with E-state index in [1.54, 1.807) is 0 Å². The van der Waals surface area contributed by atoms with Crippen LogP contribution in [0.25, 0.3) is 5.69 Å². The summed E-state index contributed by atoms with van der Waals surface area (Å²) in [4.78, 5) is 24.2. The number of carbonyl (C=O) groups is 2. The van der Waals surface area contributed by atoms with Crippen LogP contribution in [0.4, 0.5) is 0 Å². The van der Waals surface area contributed by atoms with Crippen LogP contribution in [0.3, 0.4) is 0 Å². The van der Waals surface area contributed by atoms with Crippen LogP contribution in [0.15, 0.2) is 36.4 Å². The Kier molecular flexibility index (Phi) is 3.94. The summed E-state index contributed by atoms with van der Waals surface area (Å²) in [6, 6.07) is 11.7. The Balaban J connectivity index is 1.75. The van der Waals surface area contributed by atoms with Gasteiger partial charge in [0, 0.05) is 23.0 Å². The van der Waals surface area contributed by atoms with Gasteiger partial charge in [0.2, 0.25) is 5.91 Å². The van der Waals surface area contributed by atoms with Crippen LogP contribution in [-0.2, 0) is 4.79 Å². The fraction of sp³-hybridized carbons (Fsp3) is 0.333. The Labute approximate surface area is 135 Å². The number of rotatable bonds is 3. The number of para-hydroxylation sites is 1. The quantitative estimate of drug-likeness (QED) is 0.856. The Morgan fingerprint density at radius 2 is 1.78 bits per heavy atom. The highest BCUT2D eigenvalue weighted by atomic mass is 16.2. The molecule has 5 heteroatoms. The predicted octanol–water partition coefficient (Wildman–Crippen LogP) is 2.51. The SMILES string of the molecule is Cc1cc(C(=O)NNC(=O)[C@@H]2C[C@H]2C)c(C)n1-c1ccccc1. The van der Waals surface area contributed by atoms with Gasteiger partial charge < -0.3 is 4.57 Å². The number of hydrogen-bond donors (Lipinski definition) is 2. The Bertz CT molecular complexity index is 749. The molecule has 2 atom stereocenters. The van der Waals surface area contributed by atoms with Gasteiger partial charge in [-0.2, -0.15) is 0 Å². The van der Waals surface area contributed by atoms with Gasteiger partial charge in [0.15, 0.2) is 0 Å². The van der Waals surface area contributed by atoms with Crippen LogP contribution in [0, 0.1) is 25.7 Å². The second-order valence-corrected chi connectivity index (χ2v) is 6.22. The first-order valence-corrected chi connectivity index (χ1v) is 7.83. The van der Waals surface area contributed by atoms with Crippen molar-refractivity contribution in [1.29, 1.82) is 0 Å². The maximum absolute atomic E-state index is 12.4. The molecule has 1 aromatic carbocycles. The molecule has 3 rings (SSSR count). The molecule has 1 aliphatic carbocycles. The molecule has 0 unspecified atom stereocenters. The lowest BCUT2D eigenvalue weighted by Crippen LogP contribution is -2.42. The van der Waals surface area contributed by atoms with Crippen LogP contribution in [0.5, 0.6) is 0 Å². The molecule has 2 amide bonds. The van der Waals surface area contributed by atoms with Gasteiger partial charge in [-0.05, 0) is 44.4 Å². The summed E-state index contributed by atoms with van der Waals surface area (Å²) in [6.45, 7) is 5.89. The fourth-order valence-electron chi connectivity index (χ4n) is 2.93. The van der Waals surface area contributed by atoms with Crippen molar-refractivity contribution in [1.82, 2.24) is 15.4 Å². The summed E-state index contributed by atoms with van der Waals surface area (Å²) < 4.78 is 2.03. The van der Waals surface area contributed by atoms with Crippen molar-refractivity contribution in [2.45, 2.75) is 27.2 Å². The van der Waals surface area contributed by atoms with Crippen LogP contribution in [0.2, 0.25) is 0 Å². The number of hydrazine groups is 1. The minimum atomic E-state index is -0.290. The molecule has 2 N–H and O–H groups in total. The lowest BCUT2D eigenvalue weighted by atomic mass is 10.2. The number of amides is 2. The molecule has 0 radical (unpaired) electrons. The zero-order valence-corrected chi connectivity index (χ0v) is 13.6. The maximum atomic E-state index is 12.4. The van der Waals surface area contributed by atoms with E-state index < -0.39 is 0 Å². The number of aromatic nitrogens is 1. The molecular weight excluding hydrogens is 290 g/mol. The largest absolute Gasteiger partial charge is 0.318 e. The molecule has 5 nitrogen and oxygen atoms in total. The fourth-order valence-corrected chi connectivity index (χ4v) is 2.93. The van der Waals surface area contributed by atoms with Crippen molar-refractivity contribution in [3.63, 3.8) is 0 Å². The van der Waals surface area contributed by atoms with Crippen LogP contribution in [0.1, 0.15) is 35.1 Å². The van der Waals surface area contributed by atoms with E-state index in [2.05, 4.69) is 10.9 Å². The third kappa shape index (κ3) is 2.99. The summed E-state index contributed by atoms with van der Waals surface area (Å²) >= 11 is 0. The van der Waals surface area contributed by atoms with Gasteiger partial charge in [-0.25, -0.2) is 0 Å². The van der Waals surface area contributed by atoms with E-state index in [1.807, 2.05) is 61.7 Å². The second-order valence-electron chi connectivity index (χ2n) is 6.22. The molecule has 1 heterocycles. The van der Waals surface area contributed by atoms with Gasteiger partial charge in [0.05, 0.1) is 5.56 Å². The number of aryl methyl sites for hydroxylation is 1. The van der Waals surface area contributed by atoms with Crippen LogP contribution in [-0.4, -0.2) is 16.4 Å². The minimum Gasteiger partial charge on any atom is -0.318 e. The average molecular weight is 311 g/mol. The van der Waals surface area contributed by atoms with E-state index in [1.165, 1.54) is 0 Å². The number of hydrogen-bond acceptors (Lipinski definition) is 2. The molecule has 0 bridgehead atoms. The van der Waals surface area contributed by atoms with Crippen molar-refractivity contribution >= 4 is 11.8 Å². The standard InChI is InChI=1S/C18H21N3O2/c1-11-9-15(11)17(22)19-20-18(23)16-10-12(2)21(13(16)3)14-7-5-4-6-8-14/h4-8,10-11,15H,9H2,1-3H3,(H,19,22)(H,20,23)/t11-,15-/m1/s1. The summed E-state index contributed by atoms with van der Waals surface area (Å²) in [5.41, 5.74) is 8.44. The highest BCUT2D eigenvalue weighted by Gasteiger charge is 2.39. The second kappa shape index (κ2) is 5.91. The molecule has 1 saturated carbocycles. The molecule has 1 aliphatic rings. The summed E-state index contributed by atoms with van der Waals surface area (Å²) in [5, 5.41) is 0. The van der Waals surface area contributed by atoms with E-state index in [4.69, 9.17) is 0 Å². The Morgan fingerprint density at radius 1 is 1.13 bits per heavy atom. The van der Waals surface area contributed by atoms with Crippen molar-refractivity contribution in [3.05, 3.63) is 53.3 Å². The van der Waals surface area contributed by atoms with Crippen molar-refractivity contribution in [2.24, 2.45) is 11.8 Å². The molecule has 1 fully saturated rings. The summed E-state index contributed by atoms with van der Waals surface area (Å²) in [7, 11) is 0. The first kappa shape index (κ1) is 15.3. The highest BCUT2D eigenvalue weighted by molar-refractivity contribution is 5.97. The first-order valence-electron chi connectivity index (χ1n) is 7.83. The lowest BCUT2D eigenvalue weighted by molar-refractivity contribution is -0.123. The zero-order chi connectivity index (χ0) is 16.6. The number of carbonyl (C=O) groups excluding carboxylic acids is 2. The normalized spacial score (nSPS) is 19.3. The Hall–Kier alpha value is -2.56. The molecular formula is C18H21N3O2. The van der Waals surface area contributed by atoms with E-state index in [0.717, 1.165) is 23.5 Å². The third-order valence-corrected chi connectivity index (χ3v) is 4.44. The van der Waals surface area contributed by atoms with E-state index in [-0.39, 0.29) is 17.7 Å². The number of nitrogens with one attached hydrogen (secondary N) is 2. The molecule has 0 aliphatic heterocycles. The monoisotopic (exact) mass is 311 g/mol. The molecule has 120 valence electrons. The zero-order valence-electron chi connectivity index (χ0n) is 13.6.